The molecule has 1 aromatic heterocycles. The highest BCUT2D eigenvalue weighted by Gasteiger charge is 2.20. The fourth-order valence-corrected chi connectivity index (χ4v) is 0.921. The third kappa shape index (κ3) is 3.55. The lowest BCUT2D eigenvalue weighted by Crippen LogP contribution is -2.41. The molecule has 5 heteroatoms. The molecule has 15 heavy (non-hydrogen) atoms. The summed E-state index contributed by atoms with van der Waals surface area (Å²) in [5, 5.41) is 0.951. The van der Waals surface area contributed by atoms with E-state index in [1.54, 1.807) is 45.3 Å². The number of rotatable bonds is 1. The van der Waals surface area contributed by atoms with Crippen LogP contribution in [0.3, 0.4) is 0 Å². The predicted molar refractivity (Wildman–Crippen MR) is 57.1 cm³/mol. The van der Waals surface area contributed by atoms with Gasteiger partial charge in [-0.1, -0.05) is 0 Å². The van der Waals surface area contributed by atoms with Gasteiger partial charge >= 0.3 is 6.09 Å². The van der Waals surface area contributed by atoms with E-state index in [2.05, 4.69) is 4.98 Å². The largest absolute Gasteiger partial charge is 0.442 e. The number of nitrogens with two attached hydrogens (primary N) is 1. The Morgan fingerprint density at radius 3 is 2.40 bits per heavy atom. The molecule has 0 spiro atoms. The molecule has 0 aromatic carbocycles. The predicted octanol–water partition coefficient (Wildman–Crippen LogP) is 1.70. The summed E-state index contributed by atoms with van der Waals surface area (Å²) in [4.78, 5) is 15.3. The molecule has 1 heterocycles. The summed E-state index contributed by atoms with van der Waals surface area (Å²) in [6.07, 6.45) is 2.52. The van der Waals surface area contributed by atoms with Gasteiger partial charge in [0.25, 0.3) is 0 Å². The minimum atomic E-state index is -0.589. The molecule has 1 amide bonds. The van der Waals surface area contributed by atoms with Gasteiger partial charge in [0.05, 0.1) is 5.69 Å². The third-order valence-electron chi connectivity index (χ3n) is 1.53. The number of aromatic nitrogens is 1. The van der Waals surface area contributed by atoms with Crippen LogP contribution >= 0.6 is 0 Å². The molecule has 0 atom stereocenters. The van der Waals surface area contributed by atoms with E-state index in [0.29, 0.717) is 5.69 Å². The van der Waals surface area contributed by atoms with Gasteiger partial charge in [-0.25, -0.2) is 15.6 Å². The number of carbonyl (C=O) groups is 1. The third-order valence-corrected chi connectivity index (χ3v) is 1.53. The van der Waals surface area contributed by atoms with E-state index in [0.717, 1.165) is 5.01 Å². The second-order valence-corrected chi connectivity index (χ2v) is 4.06. The summed E-state index contributed by atoms with van der Waals surface area (Å²) in [5.74, 6) is 5.58. The fourth-order valence-electron chi connectivity index (χ4n) is 0.921. The molecule has 0 aliphatic heterocycles. The minimum Gasteiger partial charge on any atom is -0.442 e. The molecule has 2 N–H and O–H groups in total. The highest BCUT2D eigenvalue weighted by molar-refractivity contribution is 5.86. The van der Waals surface area contributed by atoms with Crippen molar-refractivity contribution in [3.05, 3.63) is 24.5 Å². The van der Waals surface area contributed by atoms with Crippen molar-refractivity contribution in [1.82, 2.24) is 4.98 Å². The first-order chi connectivity index (χ1) is 6.90. The highest BCUT2D eigenvalue weighted by atomic mass is 16.6. The molecule has 0 fully saturated rings. The van der Waals surface area contributed by atoms with E-state index in [1.165, 1.54) is 0 Å². The molecule has 1 aromatic rings. The zero-order valence-corrected chi connectivity index (χ0v) is 9.10. The lowest BCUT2D eigenvalue weighted by Gasteiger charge is -2.23. The van der Waals surface area contributed by atoms with Gasteiger partial charge in [-0.05, 0) is 32.9 Å². The Morgan fingerprint density at radius 1 is 1.40 bits per heavy atom. The number of amides is 1. The normalized spacial score (nSPS) is 10.9. The van der Waals surface area contributed by atoms with Crippen LogP contribution in [0.25, 0.3) is 0 Å². The van der Waals surface area contributed by atoms with Crippen molar-refractivity contribution in [3.8, 4) is 0 Å². The Morgan fingerprint density at radius 2 is 1.93 bits per heavy atom. The number of hydrazine groups is 1. The smallest absolute Gasteiger partial charge is 0.429 e. The zero-order valence-electron chi connectivity index (χ0n) is 9.10. The minimum absolute atomic E-state index is 0.541. The van der Waals surface area contributed by atoms with E-state index >= 15 is 0 Å². The van der Waals surface area contributed by atoms with Gasteiger partial charge in [-0.2, -0.15) is 0 Å². The van der Waals surface area contributed by atoms with Crippen LogP contribution in [0, 0.1) is 0 Å². The summed E-state index contributed by atoms with van der Waals surface area (Å²) in [7, 11) is 0. The van der Waals surface area contributed by atoms with Gasteiger partial charge in [-0.3, -0.25) is 4.98 Å². The van der Waals surface area contributed by atoms with Crippen molar-refractivity contribution in [1.29, 1.82) is 0 Å². The van der Waals surface area contributed by atoms with Gasteiger partial charge in [-0.15, -0.1) is 0 Å². The number of anilines is 1. The molecule has 0 bridgehead atoms. The SMILES string of the molecule is CC(C)(C)OC(=O)N(N)c1ccncc1. The first kappa shape index (κ1) is 11.5. The summed E-state index contributed by atoms with van der Waals surface area (Å²) in [6, 6.07) is 3.26. The first-order valence-electron chi connectivity index (χ1n) is 4.58. The van der Waals surface area contributed by atoms with Crippen LogP contribution in [-0.2, 0) is 4.74 Å². The van der Waals surface area contributed by atoms with E-state index in [9.17, 15) is 4.79 Å². The molecule has 0 aliphatic rings. The Balaban J connectivity index is 2.70. The fraction of sp³-hybridized carbons (Fsp3) is 0.400. The van der Waals surface area contributed by atoms with Crippen LogP contribution in [0.2, 0.25) is 0 Å². The second kappa shape index (κ2) is 4.27. The molecule has 82 valence electrons. The second-order valence-electron chi connectivity index (χ2n) is 4.06. The Bertz CT molecular complexity index is 332. The maximum atomic E-state index is 11.5. The van der Waals surface area contributed by atoms with E-state index in [-0.39, 0.29) is 0 Å². The monoisotopic (exact) mass is 209 g/mol. The summed E-state index contributed by atoms with van der Waals surface area (Å²) < 4.78 is 5.10. The molecule has 0 aliphatic carbocycles. The van der Waals surface area contributed by atoms with Crippen molar-refractivity contribution in [3.63, 3.8) is 0 Å². The molecular formula is C10H15N3O2. The van der Waals surface area contributed by atoms with Crippen LogP contribution < -0.4 is 10.9 Å². The van der Waals surface area contributed by atoms with E-state index < -0.39 is 11.7 Å². The van der Waals surface area contributed by atoms with Crippen LogP contribution in [0.1, 0.15) is 20.8 Å². The number of pyridine rings is 1. The van der Waals surface area contributed by atoms with Crippen molar-refractivity contribution in [2.75, 3.05) is 5.01 Å². The number of carbonyl (C=O) groups excluding carboxylic acids is 1. The van der Waals surface area contributed by atoms with E-state index in [4.69, 9.17) is 10.6 Å². The molecule has 0 radical (unpaired) electrons. The van der Waals surface area contributed by atoms with Gasteiger partial charge in [0.2, 0.25) is 0 Å². The molecule has 5 nitrogen and oxygen atoms in total. The number of ether oxygens (including phenoxy) is 1. The summed E-state index contributed by atoms with van der Waals surface area (Å²) in [6.45, 7) is 5.35. The van der Waals surface area contributed by atoms with Gasteiger partial charge in [0, 0.05) is 12.4 Å². The number of hydrogen-bond donors (Lipinski definition) is 1. The van der Waals surface area contributed by atoms with Crippen LogP contribution in [0.4, 0.5) is 10.5 Å². The maximum Gasteiger partial charge on any atom is 0.429 e. The first-order valence-corrected chi connectivity index (χ1v) is 4.58. The van der Waals surface area contributed by atoms with Crippen LogP contribution in [-0.4, -0.2) is 16.7 Å². The quantitative estimate of drug-likeness (QED) is 0.434. The lowest BCUT2D eigenvalue weighted by atomic mass is 10.2. The number of hydrogen-bond acceptors (Lipinski definition) is 4. The Hall–Kier alpha value is -1.62. The standard InChI is InChI=1S/C10H15N3O2/c1-10(2,3)15-9(14)13(11)8-4-6-12-7-5-8/h4-7H,11H2,1-3H3. The summed E-state index contributed by atoms with van der Waals surface area (Å²) in [5.41, 5.74) is -0.0129. The average molecular weight is 209 g/mol. The topological polar surface area (TPSA) is 68.5 Å². The summed E-state index contributed by atoms with van der Waals surface area (Å²) >= 11 is 0. The molecule has 0 saturated carbocycles. The van der Waals surface area contributed by atoms with Crippen molar-refractivity contribution in [2.24, 2.45) is 5.84 Å². The van der Waals surface area contributed by atoms with Gasteiger partial charge < -0.3 is 4.74 Å². The molecule has 0 saturated heterocycles. The average Bonchev–Trinajstić information content (AvgIpc) is 2.15. The Kier molecular flexibility index (Phi) is 3.26. The maximum absolute atomic E-state index is 11.5. The van der Waals surface area contributed by atoms with Crippen LogP contribution in [0.15, 0.2) is 24.5 Å². The molecule has 1 rings (SSSR count). The molecule has 0 unspecified atom stereocenters. The van der Waals surface area contributed by atoms with Crippen LogP contribution in [0.5, 0.6) is 0 Å². The van der Waals surface area contributed by atoms with Gasteiger partial charge in [0.15, 0.2) is 0 Å². The Labute approximate surface area is 88.8 Å². The van der Waals surface area contributed by atoms with Crippen molar-refractivity contribution < 1.29 is 9.53 Å². The zero-order chi connectivity index (χ0) is 11.5. The molecular weight excluding hydrogens is 194 g/mol. The number of nitrogens with zero attached hydrogens (tertiary/aromatic N) is 2. The van der Waals surface area contributed by atoms with Crippen molar-refractivity contribution in [2.45, 2.75) is 26.4 Å². The van der Waals surface area contributed by atoms with Crippen molar-refractivity contribution >= 4 is 11.8 Å². The highest BCUT2D eigenvalue weighted by Crippen LogP contribution is 2.13. The van der Waals surface area contributed by atoms with Gasteiger partial charge in [0.1, 0.15) is 5.60 Å². The lowest BCUT2D eigenvalue weighted by molar-refractivity contribution is 0.0580. The van der Waals surface area contributed by atoms with E-state index in [1.807, 2.05) is 0 Å².